The Hall–Kier alpha value is -3.36. The largest absolute Gasteiger partial charge is 0.472 e. The normalized spacial score (nSPS) is 14.2. The highest BCUT2D eigenvalue weighted by Gasteiger charge is 2.26. The Bertz CT molecular complexity index is 825. The van der Waals surface area contributed by atoms with Gasteiger partial charge in [0.05, 0.1) is 23.9 Å². The van der Waals surface area contributed by atoms with Crippen LogP contribution in [0.25, 0.3) is 0 Å². The van der Waals surface area contributed by atoms with Crippen molar-refractivity contribution in [1.29, 1.82) is 0 Å². The van der Waals surface area contributed by atoms with E-state index in [1.54, 1.807) is 17.0 Å². The van der Waals surface area contributed by atoms with Crippen LogP contribution in [0.4, 0.5) is 11.4 Å². The van der Waals surface area contributed by atoms with Gasteiger partial charge in [-0.15, -0.1) is 0 Å². The van der Waals surface area contributed by atoms with Gasteiger partial charge in [-0.3, -0.25) is 14.9 Å². The van der Waals surface area contributed by atoms with Crippen LogP contribution in [0.5, 0.6) is 0 Å². The van der Waals surface area contributed by atoms with Crippen LogP contribution in [0.1, 0.15) is 20.7 Å². The van der Waals surface area contributed by atoms with E-state index in [4.69, 9.17) is 4.42 Å². The van der Waals surface area contributed by atoms with Gasteiger partial charge < -0.3 is 19.0 Å². The third-order valence-electron chi connectivity index (χ3n) is 4.28. The highest BCUT2D eigenvalue weighted by molar-refractivity contribution is 5.95. The number of hydrogen-bond acceptors (Lipinski definition) is 7. The number of hydrogen-bond donors (Lipinski definition) is 0. The predicted octanol–water partition coefficient (Wildman–Crippen LogP) is 1.94. The quantitative estimate of drug-likeness (QED) is 0.466. The maximum Gasteiger partial charge on any atom is 0.344 e. The number of amides is 1. The number of furan rings is 1. The number of carbonyl (C=O) groups excluding carboxylic acids is 2. The van der Waals surface area contributed by atoms with Gasteiger partial charge in [0.2, 0.25) is 0 Å². The number of methoxy groups -OCH3 is 1. The predicted molar refractivity (Wildman–Crippen MR) is 91.3 cm³/mol. The summed E-state index contributed by atoms with van der Waals surface area (Å²) in [6.07, 6.45) is 2.86. The lowest BCUT2D eigenvalue weighted by atomic mass is 10.1. The van der Waals surface area contributed by atoms with Gasteiger partial charge in [0, 0.05) is 37.9 Å². The number of anilines is 1. The summed E-state index contributed by atoms with van der Waals surface area (Å²) >= 11 is 0. The van der Waals surface area contributed by atoms with Gasteiger partial charge in [-0.25, -0.2) is 4.79 Å². The molecule has 0 atom stereocenters. The first-order valence-electron chi connectivity index (χ1n) is 7.94. The number of piperazine rings is 1. The maximum absolute atomic E-state index is 12.3. The lowest BCUT2D eigenvalue weighted by molar-refractivity contribution is -0.385. The van der Waals surface area contributed by atoms with E-state index in [0.717, 1.165) is 0 Å². The molecule has 3 rings (SSSR count). The van der Waals surface area contributed by atoms with Crippen molar-refractivity contribution in [2.45, 2.75) is 0 Å². The number of nitrogens with zero attached hydrogens (tertiary/aromatic N) is 3. The summed E-state index contributed by atoms with van der Waals surface area (Å²) in [5.41, 5.74) is 0.787. The van der Waals surface area contributed by atoms with Gasteiger partial charge in [0.15, 0.2) is 0 Å². The fourth-order valence-corrected chi connectivity index (χ4v) is 2.89. The molecule has 1 aromatic carbocycles. The van der Waals surface area contributed by atoms with Crippen LogP contribution in [0.3, 0.4) is 0 Å². The number of rotatable bonds is 4. The van der Waals surface area contributed by atoms with Gasteiger partial charge in [-0.1, -0.05) is 0 Å². The standard InChI is InChI=1S/C17H17N3O6/c1-25-17(22)14-10-13(2-3-15(14)20(23)24)18-5-7-19(8-6-18)16(21)12-4-9-26-11-12/h2-4,9-11H,5-8H2,1H3. The van der Waals surface area contributed by atoms with E-state index in [1.807, 2.05) is 4.90 Å². The Morgan fingerprint density at radius 3 is 2.50 bits per heavy atom. The van der Waals surface area contributed by atoms with Crippen molar-refractivity contribution in [1.82, 2.24) is 4.90 Å². The average Bonchev–Trinajstić information content (AvgIpc) is 3.21. The molecule has 0 N–H and O–H groups in total. The second-order valence-electron chi connectivity index (χ2n) is 5.74. The van der Waals surface area contributed by atoms with Crippen molar-refractivity contribution in [3.63, 3.8) is 0 Å². The monoisotopic (exact) mass is 359 g/mol. The molecule has 1 saturated heterocycles. The molecular formula is C17H17N3O6. The number of esters is 1. The molecule has 1 aromatic heterocycles. The van der Waals surface area contributed by atoms with E-state index >= 15 is 0 Å². The molecule has 1 amide bonds. The average molecular weight is 359 g/mol. The molecule has 9 nitrogen and oxygen atoms in total. The molecule has 136 valence electrons. The van der Waals surface area contributed by atoms with Gasteiger partial charge in [0.1, 0.15) is 11.8 Å². The number of nitro benzene ring substituents is 1. The molecule has 1 aliphatic rings. The van der Waals surface area contributed by atoms with Crippen LogP contribution in [0.15, 0.2) is 41.2 Å². The number of benzene rings is 1. The molecule has 1 fully saturated rings. The summed E-state index contributed by atoms with van der Waals surface area (Å²) in [5.74, 6) is -0.857. The molecule has 0 radical (unpaired) electrons. The Morgan fingerprint density at radius 1 is 1.19 bits per heavy atom. The highest BCUT2D eigenvalue weighted by Crippen LogP contribution is 2.26. The second-order valence-corrected chi connectivity index (χ2v) is 5.74. The molecule has 9 heteroatoms. The first-order chi connectivity index (χ1) is 12.5. The summed E-state index contributed by atoms with van der Waals surface area (Å²) in [7, 11) is 1.18. The second kappa shape index (κ2) is 7.26. The van der Waals surface area contributed by atoms with Crippen LogP contribution in [0.2, 0.25) is 0 Å². The minimum atomic E-state index is -0.757. The molecule has 0 bridgehead atoms. The van der Waals surface area contributed by atoms with E-state index in [2.05, 4.69) is 4.74 Å². The van der Waals surface area contributed by atoms with Gasteiger partial charge in [0.25, 0.3) is 11.6 Å². The van der Waals surface area contributed by atoms with Crippen molar-refractivity contribution in [2.75, 3.05) is 38.2 Å². The Labute approximate surface area is 148 Å². The van der Waals surface area contributed by atoms with Crippen LogP contribution in [-0.4, -0.2) is 55.0 Å². The molecule has 0 aliphatic carbocycles. The first kappa shape index (κ1) is 17.5. The zero-order valence-corrected chi connectivity index (χ0v) is 14.1. The SMILES string of the molecule is COC(=O)c1cc(N2CCN(C(=O)c3ccoc3)CC2)ccc1[N+](=O)[O-]. The molecule has 2 aromatic rings. The van der Waals surface area contributed by atoms with Gasteiger partial charge in [-0.05, 0) is 18.2 Å². The molecule has 1 aliphatic heterocycles. The molecule has 2 heterocycles. The van der Waals surface area contributed by atoms with E-state index in [1.165, 1.54) is 31.8 Å². The number of ether oxygens (including phenoxy) is 1. The Balaban J connectivity index is 1.74. The van der Waals surface area contributed by atoms with Gasteiger partial charge in [-0.2, -0.15) is 0 Å². The van der Waals surface area contributed by atoms with Crippen LogP contribution in [-0.2, 0) is 4.74 Å². The molecule has 0 spiro atoms. The first-order valence-corrected chi connectivity index (χ1v) is 7.94. The van der Waals surface area contributed by atoms with Crippen molar-refractivity contribution < 1.29 is 23.7 Å². The van der Waals surface area contributed by atoms with Crippen LogP contribution < -0.4 is 4.90 Å². The van der Waals surface area contributed by atoms with Crippen molar-refractivity contribution in [3.8, 4) is 0 Å². The fraction of sp³-hybridized carbons (Fsp3) is 0.294. The Morgan fingerprint density at radius 2 is 1.92 bits per heavy atom. The maximum atomic E-state index is 12.3. The fourth-order valence-electron chi connectivity index (χ4n) is 2.89. The van der Waals surface area contributed by atoms with Crippen molar-refractivity contribution in [2.24, 2.45) is 0 Å². The topological polar surface area (TPSA) is 106 Å². The number of nitro groups is 1. The number of carbonyl (C=O) groups is 2. The lowest BCUT2D eigenvalue weighted by Gasteiger charge is -2.36. The van der Waals surface area contributed by atoms with Crippen molar-refractivity contribution in [3.05, 3.63) is 58.0 Å². The molecule has 26 heavy (non-hydrogen) atoms. The zero-order valence-electron chi connectivity index (χ0n) is 14.1. The van der Waals surface area contributed by atoms with Gasteiger partial charge >= 0.3 is 5.97 Å². The molecular weight excluding hydrogens is 342 g/mol. The minimum absolute atomic E-state index is 0.0908. The van der Waals surface area contributed by atoms with E-state index in [-0.39, 0.29) is 17.2 Å². The summed E-state index contributed by atoms with van der Waals surface area (Å²) in [5, 5.41) is 11.1. The highest BCUT2D eigenvalue weighted by atomic mass is 16.6. The smallest absolute Gasteiger partial charge is 0.344 e. The van der Waals surface area contributed by atoms with E-state index in [0.29, 0.717) is 37.4 Å². The summed E-state index contributed by atoms with van der Waals surface area (Å²) in [6, 6.07) is 5.97. The lowest BCUT2D eigenvalue weighted by Crippen LogP contribution is -2.48. The van der Waals surface area contributed by atoms with Crippen LogP contribution >= 0.6 is 0 Å². The summed E-state index contributed by atoms with van der Waals surface area (Å²) < 4.78 is 9.57. The summed E-state index contributed by atoms with van der Waals surface area (Å²) in [4.78, 5) is 38.3. The van der Waals surface area contributed by atoms with Crippen molar-refractivity contribution >= 4 is 23.3 Å². The van der Waals surface area contributed by atoms with E-state index in [9.17, 15) is 19.7 Å². The molecule has 0 unspecified atom stereocenters. The Kier molecular flexibility index (Phi) is 4.87. The van der Waals surface area contributed by atoms with Crippen LogP contribution in [0, 0.1) is 10.1 Å². The third-order valence-corrected chi connectivity index (χ3v) is 4.28. The third kappa shape index (κ3) is 3.37. The zero-order chi connectivity index (χ0) is 18.7. The minimum Gasteiger partial charge on any atom is -0.472 e. The molecule has 0 saturated carbocycles. The summed E-state index contributed by atoms with van der Waals surface area (Å²) in [6.45, 7) is 2.08. The van der Waals surface area contributed by atoms with E-state index < -0.39 is 10.9 Å².